The monoisotopic (exact) mass is 164 g/mol. The van der Waals surface area contributed by atoms with Crippen molar-refractivity contribution in [3.63, 3.8) is 0 Å². The van der Waals surface area contributed by atoms with Gasteiger partial charge in [-0.3, -0.25) is 4.52 Å². The molecule has 2 rings (SSSR count). The maximum atomic E-state index is 10.4. The van der Waals surface area contributed by atoms with Crippen LogP contribution in [0.5, 0.6) is 0 Å². The number of hydrogen-bond donors (Lipinski definition) is 0. The van der Waals surface area contributed by atoms with E-state index >= 15 is 0 Å². The van der Waals surface area contributed by atoms with Crippen molar-refractivity contribution in [2.75, 3.05) is 0 Å². The molecule has 0 bridgehead atoms. The largest absolute Gasteiger partial charge is 0.421 e. The molecule has 5 heteroatoms. The van der Waals surface area contributed by atoms with Crippen LogP contribution in [0.4, 0.5) is 5.82 Å². The van der Waals surface area contributed by atoms with Gasteiger partial charge in [-0.15, -0.1) is 0 Å². The number of para-hydroxylation sites is 1. The van der Waals surface area contributed by atoms with Gasteiger partial charge in [0.05, 0.1) is 0 Å². The summed E-state index contributed by atoms with van der Waals surface area (Å²) in [6.07, 6.45) is 0. The lowest BCUT2D eigenvalue weighted by Gasteiger charge is -1.85. The third kappa shape index (κ3) is 0.833. The van der Waals surface area contributed by atoms with Gasteiger partial charge in [0.15, 0.2) is 5.16 Å². The summed E-state index contributed by atoms with van der Waals surface area (Å²) >= 11 is 0. The molecule has 0 aliphatic heterocycles. The molecule has 0 aliphatic carbocycles. The molecule has 1 heterocycles. The van der Waals surface area contributed by atoms with Crippen molar-refractivity contribution in [3.8, 4) is 0 Å². The number of nitro groups is 1. The van der Waals surface area contributed by atoms with Gasteiger partial charge >= 0.3 is 5.82 Å². The lowest BCUT2D eigenvalue weighted by Crippen LogP contribution is -1.86. The van der Waals surface area contributed by atoms with Crippen LogP contribution in [0.15, 0.2) is 28.8 Å². The van der Waals surface area contributed by atoms with Crippen LogP contribution < -0.4 is 0 Å². The molecule has 0 radical (unpaired) electrons. The molecule has 0 N–H and O–H groups in total. The average Bonchev–Trinajstić information content (AvgIpc) is 2.47. The Kier molecular flexibility index (Phi) is 1.30. The Balaban J connectivity index is 2.79. The predicted octanol–water partition coefficient (Wildman–Crippen LogP) is 1.74. The van der Waals surface area contributed by atoms with Gasteiger partial charge < -0.3 is 10.1 Å². The van der Waals surface area contributed by atoms with Gasteiger partial charge in [0.25, 0.3) is 0 Å². The first kappa shape index (κ1) is 6.78. The highest BCUT2D eigenvalue weighted by atomic mass is 16.6. The van der Waals surface area contributed by atoms with E-state index in [1.807, 2.05) is 0 Å². The van der Waals surface area contributed by atoms with Crippen molar-refractivity contribution in [3.05, 3.63) is 34.4 Å². The molecule has 0 saturated carbocycles. The molecule has 0 unspecified atom stereocenters. The number of benzene rings is 1. The van der Waals surface area contributed by atoms with Crippen molar-refractivity contribution >= 4 is 16.8 Å². The zero-order valence-electron chi connectivity index (χ0n) is 5.93. The van der Waals surface area contributed by atoms with Crippen molar-refractivity contribution in [2.24, 2.45) is 0 Å². The summed E-state index contributed by atoms with van der Waals surface area (Å²) in [5, 5.41) is 14.1. The molecule has 0 saturated heterocycles. The quantitative estimate of drug-likeness (QED) is 0.475. The molecule has 1 aromatic carbocycles. The molecule has 2 aromatic rings. The summed E-state index contributed by atoms with van der Waals surface area (Å²) < 4.78 is 4.72. The van der Waals surface area contributed by atoms with E-state index in [1.54, 1.807) is 24.3 Å². The number of rotatable bonds is 1. The van der Waals surface area contributed by atoms with Crippen LogP contribution >= 0.6 is 0 Å². The Labute approximate surface area is 66.7 Å². The topological polar surface area (TPSA) is 69.2 Å². The normalized spacial score (nSPS) is 10.3. The van der Waals surface area contributed by atoms with E-state index in [4.69, 9.17) is 4.52 Å². The number of fused-ring (bicyclic) bond motifs is 1. The second kappa shape index (κ2) is 2.30. The first-order valence-electron chi connectivity index (χ1n) is 3.28. The van der Waals surface area contributed by atoms with Crippen LogP contribution in [0.2, 0.25) is 0 Å². The zero-order chi connectivity index (χ0) is 8.55. The van der Waals surface area contributed by atoms with Crippen molar-refractivity contribution in [1.82, 2.24) is 5.16 Å². The molecule has 0 atom stereocenters. The lowest BCUT2D eigenvalue weighted by molar-refractivity contribution is -0.389. The van der Waals surface area contributed by atoms with Gasteiger partial charge in [-0.1, -0.05) is 12.1 Å². The van der Waals surface area contributed by atoms with E-state index in [2.05, 4.69) is 5.16 Å². The number of aromatic nitrogens is 1. The Bertz CT molecular complexity index is 435. The highest BCUT2D eigenvalue weighted by Crippen LogP contribution is 2.23. The fourth-order valence-electron chi connectivity index (χ4n) is 1.00. The molecular formula is C7H4N2O3. The molecule has 60 valence electrons. The smallest absolute Gasteiger partial charge is 0.358 e. The van der Waals surface area contributed by atoms with E-state index in [-0.39, 0.29) is 5.82 Å². The van der Waals surface area contributed by atoms with E-state index < -0.39 is 4.92 Å². The Morgan fingerprint density at radius 2 is 2.17 bits per heavy atom. The van der Waals surface area contributed by atoms with Gasteiger partial charge in [-0.25, -0.2) is 0 Å². The maximum absolute atomic E-state index is 10.4. The van der Waals surface area contributed by atoms with E-state index in [0.717, 1.165) is 0 Å². The van der Waals surface area contributed by atoms with Crippen LogP contribution in [0.25, 0.3) is 11.0 Å². The molecule has 0 aliphatic rings. The van der Waals surface area contributed by atoms with E-state index in [1.165, 1.54) is 0 Å². The highest BCUT2D eigenvalue weighted by Gasteiger charge is 2.17. The van der Waals surface area contributed by atoms with Crippen LogP contribution in [0, 0.1) is 10.1 Å². The first-order valence-corrected chi connectivity index (χ1v) is 3.28. The third-order valence-electron chi connectivity index (χ3n) is 1.53. The fourth-order valence-corrected chi connectivity index (χ4v) is 1.00. The van der Waals surface area contributed by atoms with E-state index in [9.17, 15) is 10.1 Å². The summed E-state index contributed by atoms with van der Waals surface area (Å²) in [6.45, 7) is 0. The third-order valence-corrected chi connectivity index (χ3v) is 1.53. The van der Waals surface area contributed by atoms with Gasteiger partial charge in [0.1, 0.15) is 5.39 Å². The van der Waals surface area contributed by atoms with Crippen molar-refractivity contribution in [1.29, 1.82) is 0 Å². The SMILES string of the molecule is O=[N+]([O-])c1noc2ccccc12. The van der Waals surface area contributed by atoms with Crippen LogP contribution in [0.1, 0.15) is 0 Å². The highest BCUT2D eigenvalue weighted by molar-refractivity contribution is 5.84. The first-order chi connectivity index (χ1) is 5.79. The Hall–Kier alpha value is -1.91. The Morgan fingerprint density at radius 3 is 2.92 bits per heavy atom. The molecule has 5 nitrogen and oxygen atoms in total. The number of hydrogen-bond acceptors (Lipinski definition) is 4. The standard InChI is InChI=1S/C7H4N2O3/c10-9(11)7-5-3-1-2-4-6(5)12-8-7/h1-4H. The summed E-state index contributed by atoms with van der Waals surface area (Å²) in [5.74, 6) is -0.231. The van der Waals surface area contributed by atoms with Gasteiger partial charge in [0, 0.05) is 0 Å². The molecule has 0 amide bonds. The minimum absolute atomic E-state index is 0.231. The summed E-state index contributed by atoms with van der Waals surface area (Å²) in [7, 11) is 0. The maximum Gasteiger partial charge on any atom is 0.421 e. The molecule has 0 spiro atoms. The van der Waals surface area contributed by atoms with Gasteiger partial charge in [-0.2, -0.15) is 0 Å². The van der Waals surface area contributed by atoms with Crippen LogP contribution in [-0.4, -0.2) is 10.1 Å². The number of nitrogens with zero attached hydrogens (tertiary/aromatic N) is 2. The van der Waals surface area contributed by atoms with Gasteiger partial charge in [0.2, 0.25) is 5.58 Å². The minimum atomic E-state index is -0.564. The molecule has 12 heavy (non-hydrogen) atoms. The van der Waals surface area contributed by atoms with Crippen molar-refractivity contribution in [2.45, 2.75) is 0 Å². The van der Waals surface area contributed by atoms with Crippen LogP contribution in [0.3, 0.4) is 0 Å². The average molecular weight is 164 g/mol. The van der Waals surface area contributed by atoms with Crippen molar-refractivity contribution < 1.29 is 9.45 Å². The summed E-state index contributed by atoms with van der Waals surface area (Å²) in [4.78, 5) is 9.80. The molecule has 0 fully saturated rings. The van der Waals surface area contributed by atoms with Gasteiger partial charge in [-0.05, 0) is 17.1 Å². The fraction of sp³-hybridized carbons (Fsp3) is 0. The molecule has 1 aromatic heterocycles. The lowest BCUT2D eigenvalue weighted by atomic mass is 10.2. The summed E-state index contributed by atoms with van der Waals surface area (Å²) in [5.41, 5.74) is 0.434. The van der Waals surface area contributed by atoms with Crippen LogP contribution in [-0.2, 0) is 0 Å². The predicted molar refractivity (Wildman–Crippen MR) is 40.7 cm³/mol. The minimum Gasteiger partial charge on any atom is -0.358 e. The molecular weight excluding hydrogens is 160 g/mol. The second-order valence-electron chi connectivity index (χ2n) is 2.26. The zero-order valence-corrected chi connectivity index (χ0v) is 5.93. The van der Waals surface area contributed by atoms with E-state index in [0.29, 0.717) is 11.0 Å². The second-order valence-corrected chi connectivity index (χ2v) is 2.26. The Morgan fingerprint density at radius 1 is 1.42 bits per heavy atom. The summed E-state index contributed by atoms with van der Waals surface area (Å²) in [6, 6.07) is 6.67.